The molecular formula is C21H22F2N4O2S. The number of halogens is 2. The van der Waals surface area contributed by atoms with Gasteiger partial charge in [0.2, 0.25) is 0 Å². The Balaban J connectivity index is 1.60. The molecule has 0 aliphatic carbocycles. The zero-order chi connectivity index (χ0) is 21.5. The second-order valence-electron chi connectivity index (χ2n) is 7.64. The number of hydrogen-bond acceptors (Lipinski definition) is 6. The van der Waals surface area contributed by atoms with E-state index in [2.05, 4.69) is 9.97 Å². The zero-order valence-electron chi connectivity index (χ0n) is 16.8. The number of alkyl halides is 2. The monoisotopic (exact) mass is 432 g/mol. The molecule has 3 heterocycles. The lowest BCUT2D eigenvalue weighted by Gasteiger charge is -2.22. The van der Waals surface area contributed by atoms with E-state index in [-0.39, 0.29) is 22.2 Å². The Kier molecular flexibility index (Phi) is 5.40. The van der Waals surface area contributed by atoms with Crippen LogP contribution in [0.25, 0.3) is 10.3 Å². The van der Waals surface area contributed by atoms with Gasteiger partial charge in [-0.2, -0.15) is 8.78 Å². The lowest BCUT2D eigenvalue weighted by atomic mass is 10.0. The van der Waals surface area contributed by atoms with Gasteiger partial charge in [0.15, 0.2) is 27.1 Å². The van der Waals surface area contributed by atoms with E-state index >= 15 is 0 Å². The number of fused-ring (bicyclic) bond motifs is 1. The van der Waals surface area contributed by atoms with Gasteiger partial charge in [-0.3, -0.25) is 14.2 Å². The standard InChI is InChI=1S/C21H22F2N4O2S/c1-21(22,23)19-25-17-16(18(29)26(19)2)24-20(30-17)27-12-6-9-14(27)15(28)11-10-13-7-4-3-5-8-13/h3-5,7-8,14H,6,9-12H2,1-2H3/t14-/m1/s1. The van der Waals surface area contributed by atoms with Gasteiger partial charge in [0, 0.05) is 26.9 Å². The molecular weight excluding hydrogens is 410 g/mol. The highest BCUT2D eigenvalue weighted by atomic mass is 32.1. The van der Waals surface area contributed by atoms with Gasteiger partial charge in [0.25, 0.3) is 5.56 Å². The van der Waals surface area contributed by atoms with Crippen molar-refractivity contribution >= 4 is 32.6 Å². The fourth-order valence-electron chi connectivity index (χ4n) is 3.87. The minimum absolute atomic E-state index is 0.0629. The molecule has 0 N–H and O–H groups in total. The summed E-state index contributed by atoms with van der Waals surface area (Å²) in [6.07, 6.45) is 2.64. The summed E-state index contributed by atoms with van der Waals surface area (Å²) < 4.78 is 28.5. The fraction of sp³-hybridized carbons (Fsp3) is 0.429. The van der Waals surface area contributed by atoms with Crippen molar-refractivity contribution in [2.45, 2.75) is 44.6 Å². The summed E-state index contributed by atoms with van der Waals surface area (Å²) >= 11 is 1.09. The first-order valence-electron chi connectivity index (χ1n) is 9.85. The van der Waals surface area contributed by atoms with Crippen LogP contribution >= 0.6 is 11.3 Å². The van der Waals surface area contributed by atoms with Crippen molar-refractivity contribution in [2.24, 2.45) is 7.05 Å². The summed E-state index contributed by atoms with van der Waals surface area (Å²) in [6, 6.07) is 9.51. The molecule has 1 fully saturated rings. The summed E-state index contributed by atoms with van der Waals surface area (Å²) in [4.78, 5) is 35.9. The number of ketones is 1. The normalized spacial score (nSPS) is 17.1. The Morgan fingerprint density at radius 2 is 2.00 bits per heavy atom. The molecule has 1 aliphatic heterocycles. The van der Waals surface area contributed by atoms with E-state index in [1.165, 1.54) is 7.05 Å². The van der Waals surface area contributed by atoms with E-state index < -0.39 is 17.3 Å². The first kappa shape index (κ1) is 20.6. The molecule has 3 aromatic rings. The molecule has 0 saturated carbocycles. The summed E-state index contributed by atoms with van der Waals surface area (Å²) in [5.74, 6) is -3.71. The number of thiazole rings is 1. The topological polar surface area (TPSA) is 68.1 Å². The van der Waals surface area contributed by atoms with Gasteiger partial charge in [0.05, 0.1) is 6.04 Å². The van der Waals surface area contributed by atoms with Crippen LogP contribution in [0.5, 0.6) is 0 Å². The quantitative estimate of drug-likeness (QED) is 0.595. The fourth-order valence-corrected chi connectivity index (χ4v) is 4.87. The Morgan fingerprint density at radius 1 is 1.27 bits per heavy atom. The second-order valence-corrected chi connectivity index (χ2v) is 8.60. The van der Waals surface area contributed by atoms with E-state index in [1.807, 2.05) is 35.2 Å². The average molecular weight is 432 g/mol. The molecule has 0 spiro atoms. The van der Waals surface area contributed by atoms with Gasteiger partial charge in [0.1, 0.15) is 0 Å². The first-order valence-corrected chi connectivity index (χ1v) is 10.7. The Labute approximate surface area is 176 Å². The van der Waals surface area contributed by atoms with Crippen molar-refractivity contribution in [1.29, 1.82) is 0 Å². The van der Waals surface area contributed by atoms with E-state index in [4.69, 9.17) is 0 Å². The number of carbonyl (C=O) groups is 1. The van der Waals surface area contributed by atoms with Crippen LogP contribution < -0.4 is 10.5 Å². The number of hydrogen-bond donors (Lipinski definition) is 0. The van der Waals surface area contributed by atoms with Crippen LogP contribution in [-0.2, 0) is 24.2 Å². The van der Waals surface area contributed by atoms with Gasteiger partial charge in [-0.15, -0.1) is 0 Å². The maximum atomic E-state index is 13.8. The van der Waals surface area contributed by atoms with Crippen molar-refractivity contribution in [1.82, 2.24) is 14.5 Å². The number of rotatable bonds is 6. The van der Waals surface area contributed by atoms with E-state index in [1.54, 1.807) is 0 Å². The number of carbonyl (C=O) groups excluding carboxylic acids is 1. The van der Waals surface area contributed by atoms with Crippen LogP contribution in [0.1, 0.15) is 37.6 Å². The second kappa shape index (κ2) is 7.86. The minimum Gasteiger partial charge on any atom is -0.338 e. The molecule has 30 heavy (non-hydrogen) atoms. The largest absolute Gasteiger partial charge is 0.338 e. The number of nitrogens with zero attached hydrogens (tertiary/aromatic N) is 4. The zero-order valence-corrected chi connectivity index (χ0v) is 17.6. The highest BCUT2D eigenvalue weighted by molar-refractivity contribution is 7.21. The van der Waals surface area contributed by atoms with Gasteiger partial charge in [-0.1, -0.05) is 41.7 Å². The molecule has 1 aromatic carbocycles. The van der Waals surface area contributed by atoms with Crippen LogP contribution in [0.15, 0.2) is 35.1 Å². The number of anilines is 1. The van der Waals surface area contributed by atoms with Gasteiger partial charge >= 0.3 is 5.92 Å². The summed E-state index contributed by atoms with van der Waals surface area (Å²) in [5.41, 5.74) is 0.564. The Hall–Kier alpha value is -2.68. The van der Waals surface area contributed by atoms with Gasteiger partial charge < -0.3 is 4.90 Å². The van der Waals surface area contributed by atoms with E-state index in [0.717, 1.165) is 27.9 Å². The van der Waals surface area contributed by atoms with Crippen LogP contribution in [0.2, 0.25) is 0 Å². The lowest BCUT2D eigenvalue weighted by Crippen LogP contribution is -2.36. The first-order chi connectivity index (χ1) is 14.3. The molecule has 0 bridgehead atoms. The molecule has 9 heteroatoms. The molecule has 1 atom stereocenters. The molecule has 0 radical (unpaired) electrons. The van der Waals surface area contributed by atoms with Crippen LogP contribution in [-0.4, -0.2) is 32.9 Å². The van der Waals surface area contributed by atoms with Crippen molar-refractivity contribution < 1.29 is 13.6 Å². The third kappa shape index (κ3) is 3.86. The average Bonchev–Trinajstić information content (AvgIpc) is 3.35. The van der Waals surface area contributed by atoms with Crippen molar-refractivity contribution in [3.05, 3.63) is 52.1 Å². The summed E-state index contributed by atoms with van der Waals surface area (Å²) in [7, 11) is 1.27. The smallest absolute Gasteiger partial charge is 0.302 e. The maximum Gasteiger partial charge on any atom is 0.302 e. The summed E-state index contributed by atoms with van der Waals surface area (Å²) in [5, 5.41) is 0.488. The predicted molar refractivity (Wildman–Crippen MR) is 112 cm³/mol. The molecule has 158 valence electrons. The molecule has 2 aromatic heterocycles. The summed E-state index contributed by atoms with van der Waals surface area (Å²) in [6.45, 7) is 1.35. The van der Waals surface area contributed by atoms with Crippen molar-refractivity contribution in [3.8, 4) is 0 Å². The van der Waals surface area contributed by atoms with Crippen molar-refractivity contribution in [2.75, 3.05) is 11.4 Å². The molecule has 4 rings (SSSR count). The SMILES string of the molecule is Cn1c(C(C)(F)F)nc2sc(N3CCC[C@@H]3C(=O)CCc3ccccc3)nc2c1=O. The van der Waals surface area contributed by atoms with Gasteiger partial charge in [-0.25, -0.2) is 9.97 Å². The van der Waals surface area contributed by atoms with Crippen LogP contribution in [0.3, 0.4) is 0 Å². The van der Waals surface area contributed by atoms with E-state index in [0.29, 0.717) is 37.9 Å². The minimum atomic E-state index is -3.24. The number of Topliss-reactive ketones (excluding diaryl/α,β-unsaturated/α-hetero) is 1. The number of aromatic nitrogens is 3. The molecule has 1 saturated heterocycles. The third-order valence-electron chi connectivity index (χ3n) is 5.40. The molecule has 6 nitrogen and oxygen atoms in total. The Bertz CT molecular complexity index is 1140. The molecule has 1 aliphatic rings. The Morgan fingerprint density at radius 3 is 2.70 bits per heavy atom. The molecule has 0 unspecified atom stereocenters. The highest BCUT2D eigenvalue weighted by Gasteiger charge is 2.34. The number of aryl methyl sites for hydroxylation is 1. The van der Waals surface area contributed by atoms with Crippen molar-refractivity contribution in [3.63, 3.8) is 0 Å². The maximum absolute atomic E-state index is 13.8. The molecule has 0 amide bonds. The number of benzene rings is 1. The van der Waals surface area contributed by atoms with E-state index in [9.17, 15) is 18.4 Å². The highest BCUT2D eigenvalue weighted by Crippen LogP contribution is 2.34. The van der Waals surface area contributed by atoms with Gasteiger partial charge in [-0.05, 0) is 24.8 Å². The third-order valence-corrected chi connectivity index (χ3v) is 6.38. The van der Waals surface area contributed by atoms with Crippen LogP contribution in [0.4, 0.5) is 13.9 Å². The van der Waals surface area contributed by atoms with Crippen LogP contribution in [0, 0.1) is 0 Å². The lowest BCUT2D eigenvalue weighted by molar-refractivity contribution is -0.120. The predicted octanol–water partition coefficient (Wildman–Crippen LogP) is 3.67.